The largest absolute Gasteiger partial charge is 0.103 e. The Morgan fingerprint density at radius 1 is 0.700 bits per heavy atom. The van der Waals surface area contributed by atoms with E-state index in [4.69, 9.17) is 0 Å². The topological polar surface area (TPSA) is 0 Å². The second-order valence-corrected chi connectivity index (χ2v) is 6.62. The van der Waals surface area contributed by atoms with Crippen molar-refractivity contribution in [1.29, 1.82) is 0 Å². The van der Waals surface area contributed by atoms with Crippen LogP contribution in [0.1, 0.15) is 110 Å². The third-order valence-corrected chi connectivity index (χ3v) is 4.68. The maximum absolute atomic E-state index is 3.40. The zero-order chi connectivity index (χ0) is 14.3. The van der Waals surface area contributed by atoms with Crippen molar-refractivity contribution in [3.63, 3.8) is 0 Å². The van der Waals surface area contributed by atoms with E-state index in [1.807, 2.05) is 0 Å². The van der Waals surface area contributed by atoms with Crippen LogP contribution in [0.25, 0.3) is 0 Å². The lowest BCUT2D eigenvalue weighted by Gasteiger charge is -2.20. The molecule has 0 aromatic heterocycles. The van der Waals surface area contributed by atoms with Gasteiger partial charge in [-0.05, 0) is 18.8 Å². The molecule has 0 unspecified atom stereocenters. The van der Waals surface area contributed by atoms with E-state index in [1.54, 1.807) is 0 Å². The third-order valence-electron chi connectivity index (χ3n) is 4.68. The molecule has 1 saturated carbocycles. The van der Waals surface area contributed by atoms with Crippen molar-refractivity contribution >= 4 is 0 Å². The molecule has 0 bridgehead atoms. The van der Waals surface area contributed by atoms with Gasteiger partial charge >= 0.3 is 0 Å². The number of unbranched alkanes of at least 4 members (excludes halogenated alkanes) is 8. The molecule has 0 nitrogen and oxygen atoms in total. The maximum atomic E-state index is 3.40. The van der Waals surface area contributed by atoms with Gasteiger partial charge in [0, 0.05) is 12.8 Å². The third kappa shape index (κ3) is 10.4. The average Bonchev–Trinajstić information content (AvgIpc) is 2.49. The van der Waals surface area contributed by atoms with Crippen LogP contribution in [0.4, 0.5) is 0 Å². The van der Waals surface area contributed by atoms with Gasteiger partial charge in [-0.1, -0.05) is 84.0 Å². The second-order valence-electron chi connectivity index (χ2n) is 6.62. The van der Waals surface area contributed by atoms with Gasteiger partial charge in [-0.15, -0.1) is 11.8 Å². The number of hydrogen-bond donors (Lipinski definition) is 0. The van der Waals surface area contributed by atoms with E-state index in [0.29, 0.717) is 0 Å². The molecule has 0 heterocycles. The SMILES string of the molecule is CCCCCCCCCCC#CCCC1CCCCC1. The zero-order valence-electron chi connectivity index (χ0n) is 13.9. The molecule has 0 saturated heterocycles. The van der Waals surface area contributed by atoms with Crippen LogP contribution in [0.3, 0.4) is 0 Å². The predicted molar refractivity (Wildman–Crippen MR) is 90.8 cm³/mol. The Morgan fingerprint density at radius 3 is 2.00 bits per heavy atom. The van der Waals surface area contributed by atoms with Crippen molar-refractivity contribution in [3.05, 3.63) is 0 Å². The highest BCUT2D eigenvalue weighted by Gasteiger charge is 2.11. The summed E-state index contributed by atoms with van der Waals surface area (Å²) in [4.78, 5) is 0. The minimum Gasteiger partial charge on any atom is -0.103 e. The van der Waals surface area contributed by atoms with E-state index in [9.17, 15) is 0 Å². The highest BCUT2D eigenvalue weighted by atomic mass is 14.2. The molecule has 0 aliphatic heterocycles. The Hall–Kier alpha value is -0.440. The summed E-state index contributed by atoms with van der Waals surface area (Å²) >= 11 is 0. The molecule has 116 valence electrons. The molecule has 20 heavy (non-hydrogen) atoms. The van der Waals surface area contributed by atoms with Gasteiger partial charge < -0.3 is 0 Å². The lowest BCUT2D eigenvalue weighted by atomic mass is 9.86. The van der Waals surface area contributed by atoms with Crippen LogP contribution in [0.2, 0.25) is 0 Å². The summed E-state index contributed by atoms with van der Waals surface area (Å²) in [6.45, 7) is 2.28. The van der Waals surface area contributed by atoms with E-state index in [0.717, 1.165) is 18.8 Å². The first kappa shape index (κ1) is 17.6. The van der Waals surface area contributed by atoms with Crippen molar-refractivity contribution in [2.75, 3.05) is 0 Å². The van der Waals surface area contributed by atoms with Crippen molar-refractivity contribution < 1.29 is 0 Å². The lowest BCUT2D eigenvalue weighted by Crippen LogP contribution is -2.05. The van der Waals surface area contributed by atoms with Crippen LogP contribution in [0.5, 0.6) is 0 Å². The van der Waals surface area contributed by atoms with Crippen LogP contribution in [0, 0.1) is 17.8 Å². The Kier molecular flexibility index (Phi) is 11.9. The van der Waals surface area contributed by atoms with E-state index in [-0.39, 0.29) is 0 Å². The fourth-order valence-electron chi connectivity index (χ4n) is 3.28. The predicted octanol–water partition coefficient (Wildman–Crippen LogP) is 6.88. The molecule has 1 fully saturated rings. The van der Waals surface area contributed by atoms with Gasteiger partial charge in [-0.3, -0.25) is 0 Å². The van der Waals surface area contributed by atoms with Gasteiger partial charge in [0.2, 0.25) is 0 Å². The Bertz CT molecular complexity index is 249. The van der Waals surface area contributed by atoms with Crippen molar-refractivity contribution in [2.45, 2.75) is 110 Å². The summed E-state index contributed by atoms with van der Waals surface area (Å²) < 4.78 is 0. The Balaban J connectivity index is 1.80. The standard InChI is InChI=1S/C20H36/c1-2-3-4-5-6-7-8-9-10-11-12-14-17-20-18-15-13-16-19-20/h20H,2-10,13-19H2,1H3. The van der Waals surface area contributed by atoms with E-state index in [1.165, 1.54) is 89.9 Å². The Morgan fingerprint density at radius 2 is 1.30 bits per heavy atom. The van der Waals surface area contributed by atoms with Gasteiger partial charge in [0.25, 0.3) is 0 Å². The van der Waals surface area contributed by atoms with E-state index >= 15 is 0 Å². The minimum atomic E-state index is 1.00. The first-order valence-corrected chi connectivity index (χ1v) is 9.39. The highest BCUT2D eigenvalue weighted by Crippen LogP contribution is 2.26. The summed E-state index contributed by atoms with van der Waals surface area (Å²) in [5.74, 6) is 7.79. The molecule has 0 spiro atoms. The lowest BCUT2D eigenvalue weighted by molar-refractivity contribution is 0.342. The molecule has 0 aromatic rings. The van der Waals surface area contributed by atoms with Gasteiger partial charge in [-0.25, -0.2) is 0 Å². The molecule has 0 atom stereocenters. The minimum absolute atomic E-state index is 1.00. The van der Waals surface area contributed by atoms with E-state index in [2.05, 4.69) is 18.8 Å². The number of rotatable bonds is 10. The molecular formula is C20H36. The quantitative estimate of drug-likeness (QED) is 0.301. The normalized spacial score (nSPS) is 15.8. The highest BCUT2D eigenvalue weighted by molar-refractivity contribution is 4.98. The summed E-state index contributed by atoms with van der Waals surface area (Å²) in [5.41, 5.74) is 0. The van der Waals surface area contributed by atoms with Gasteiger partial charge in [0.05, 0.1) is 0 Å². The fourth-order valence-corrected chi connectivity index (χ4v) is 3.28. The van der Waals surface area contributed by atoms with Crippen molar-refractivity contribution in [1.82, 2.24) is 0 Å². The van der Waals surface area contributed by atoms with Gasteiger partial charge in [-0.2, -0.15) is 0 Å². The van der Waals surface area contributed by atoms with Crippen molar-refractivity contribution in [3.8, 4) is 11.8 Å². The first-order valence-electron chi connectivity index (χ1n) is 9.39. The molecular weight excluding hydrogens is 240 g/mol. The summed E-state index contributed by atoms with van der Waals surface area (Å²) in [7, 11) is 0. The summed E-state index contributed by atoms with van der Waals surface area (Å²) in [6, 6.07) is 0. The molecule has 1 rings (SSSR count). The Labute approximate surface area is 128 Å². The van der Waals surface area contributed by atoms with Gasteiger partial charge in [0.1, 0.15) is 0 Å². The van der Waals surface area contributed by atoms with Crippen LogP contribution < -0.4 is 0 Å². The van der Waals surface area contributed by atoms with Gasteiger partial charge in [0.15, 0.2) is 0 Å². The molecule has 1 aliphatic rings. The summed E-state index contributed by atoms with van der Waals surface area (Å²) in [6.07, 6.45) is 22.3. The zero-order valence-corrected chi connectivity index (χ0v) is 13.9. The van der Waals surface area contributed by atoms with E-state index < -0.39 is 0 Å². The molecule has 0 aromatic carbocycles. The second kappa shape index (κ2) is 13.5. The molecule has 0 radical (unpaired) electrons. The molecule has 1 aliphatic carbocycles. The first-order chi connectivity index (χ1) is 9.93. The van der Waals surface area contributed by atoms with Crippen LogP contribution in [-0.4, -0.2) is 0 Å². The fraction of sp³-hybridized carbons (Fsp3) is 0.900. The molecule has 0 N–H and O–H groups in total. The number of hydrogen-bond acceptors (Lipinski definition) is 0. The molecule has 0 amide bonds. The monoisotopic (exact) mass is 276 g/mol. The van der Waals surface area contributed by atoms with Crippen LogP contribution in [-0.2, 0) is 0 Å². The smallest absolute Gasteiger partial charge is 0.00913 e. The summed E-state index contributed by atoms with van der Waals surface area (Å²) in [5, 5.41) is 0. The van der Waals surface area contributed by atoms with Crippen molar-refractivity contribution in [2.24, 2.45) is 5.92 Å². The van der Waals surface area contributed by atoms with Crippen LogP contribution >= 0.6 is 0 Å². The van der Waals surface area contributed by atoms with Crippen LogP contribution in [0.15, 0.2) is 0 Å². The maximum Gasteiger partial charge on any atom is 0.00913 e. The molecule has 0 heteroatoms. The average molecular weight is 277 g/mol.